The second-order valence-electron chi connectivity index (χ2n) is 3.71. The van der Waals surface area contributed by atoms with Gasteiger partial charge in [-0.05, 0) is 12.5 Å². The van der Waals surface area contributed by atoms with Crippen LogP contribution in [-0.2, 0) is 9.59 Å². The topological polar surface area (TPSA) is 89.4 Å². The van der Waals surface area contributed by atoms with Gasteiger partial charge in [-0.25, -0.2) is 0 Å². The van der Waals surface area contributed by atoms with Gasteiger partial charge < -0.3 is 16.4 Å². The van der Waals surface area contributed by atoms with E-state index in [1.807, 2.05) is 18.2 Å². The van der Waals surface area contributed by atoms with Crippen LogP contribution in [0.2, 0.25) is 0 Å². The third-order valence-corrected chi connectivity index (χ3v) is 2.46. The number of hydrogen-bond acceptors (Lipinski definition) is 3. The van der Waals surface area contributed by atoms with E-state index >= 15 is 0 Å². The Morgan fingerprint density at radius 3 is 2.35 bits per heavy atom. The summed E-state index contributed by atoms with van der Waals surface area (Å²) in [5.74, 6) is -0.835. The van der Waals surface area contributed by atoms with Crippen molar-refractivity contribution in [2.45, 2.75) is 13.0 Å². The number of carbonyl (C=O) groups is 2. The Labute approximate surface area is 100 Å². The summed E-state index contributed by atoms with van der Waals surface area (Å²) in [6.45, 7) is 2.08. The maximum absolute atomic E-state index is 12.0. The molecular formula is C12H17N3O2. The molecule has 4 N–H and O–H groups in total. The fourth-order valence-electron chi connectivity index (χ4n) is 1.53. The number of carbonyl (C=O) groups excluding carboxylic acids is 2. The van der Waals surface area contributed by atoms with Crippen LogP contribution in [0.15, 0.2) is 30.3 Å². The van der Waals surface area contributed by atoms with Crippen molar-refractivity contribution in [3.8, 4) is 0 Å². The highest BCUT2D eigenvalue weighted by Crippen LogP contribution is 2.12. The molecule has 0 aliphatic carbocycles. The van der Waals surface area contributed by atoms with Crippen LogP contribution in [-0.4, -0.2) is 29.8 Å². The molecule has 92 valence electrons. The predicted molar refractivity (Wildman–Crippen MR) is 64.8 cm³/mol. The van der Waals surface area contributed by atoms with Crippen LogP contribution in [0.5, 0.6) is 0 Å². The molecule has 0 bridgehead atoms. The van der Waals surface area contributed by atoms with Gasteiger partial charge in [0.05, 0.1) is 6.54 Å². The Kier molecular flexibility index (Phi) is 4.66. The lowest BCUT2D eigenvalue weighted by atomic mass is 10.1. The van der Waals surface area contributed by atoms with E-state index in [1.165, 1.54) is 4.90 Å². The van der Waals surface area contributed by atoms with Crippen molar-refractivity contribution in [3.63, 3.8) is 0 Å². The van der Waals surface area contributed by atoms with Gasteiger partial charge in [0.25, 0.3) is 0 Å². The predicted octanol–water partition coefficient (Wildman–Crippen LogP) is 0.0202. The SMILES string of the molecule is CCN(CC(N)=O)C(=O)[C@@H](N)c1ccccc1. The highest BCUT2D eigenvalue weighted by atomic mass is 16.2. The summed E-state index contributed by atoms with van der Waals surface area (Å²) >= 11 is 0. The molecule has 1 aromatic carbocycles. The summed E-state index contributed by atoms with van der Waals surface area (Å²) in [5, 5.41) is 0. The largest absolute Gasteiger partial charge is 0.368 e. The lowest BCUT2D eigenvalue weighted by Gasteiger charge is -2.23. The van der Waals surface area contributed by atoms with E-state index in [9.17, 15) is 9.59 Å². The first kappa shape index (κ1) is 13.2. The average molecular weight is 235 g/mol. The summed E-state index contributed by atoms with van der Waals surface area (Å²) in [5.41, 5.74) is 11.6. The van der Waals surface area contributed by atoms with Gasteiger partial charge in [0, 0.05) is 6.54 Å². The second-order valence-corrected chi connectivity index (χ2v) is 3.71. The molecule has 0 spiro atoms. The van der Waals surface area contributed by atoms with Crippen LogP contribution in [0.1, 0.15) is 18.5 Å². The molecule has 1 atom stereocenters. The van der Waals surface area contributed by atoms with Crippen molar-refractivity contribution in [1.29, 1.82) is 0 Å². The fraction of sp³-hybridized carbons (Fsp3) is 0.333. The minimum absolute atomic E-state index is 0.101. The number of hydrogen-bond donors (Lipinski definition) is 2. The normalized spacial score (nSPS) is 11.9. The van der Waals surface area contributed by atoms with E-state index < -0.39 is 11.9 Å². The second kappa shape index (κ2) is 6.00. The van der Waals surface area contributed by atoms with E-state index in [0.29, 0.717) is 6.54 Å². The summed E-state index contributed by atoms with van der Waals surface area (Å²) in [7, 11) is 0. The van der Waals surface area contributed by atoms with Crippen molar-refractivity contribution in [2.75, 3.05) is 13.1 Å². The first-order valence-corrected chi connectivity index (χ1v) is 5.44. The molecule has 5 heteroatoms. The molecule has 0 saturated carbocycles. The lowest BCUT2D eigenvalue weighted by Crippen LogP contribution is -2.43. The molecule has 0 saturated heterocycles. The van der Waals surface area contributed by atoms with E-state index in [4.69, 9.17) is 11.5 Å². The zero-order valence-electron chi connectivity index (χ0n) is 9.80. The Morgan fingerprint density at radius 1 is 1.29 bits per heavy atom. The molecule has 0 heterocycles. The van der Waals surface area contributed by atoms with E-state index in [0.717, 1.165) is 5.56 Å². The lowest BCUT2D eigenvalue weighted by molar-refractivity contribution is -0.136. The first-order valence-electron chi connectivity index (χ1n) is 5.44. The fourth-order valence-corrected chi connectivity index (χ4v) is 1.53. The van der Waals surface area contributed by atoms with Crippen LogP contribution in [0, 0.1) is 0 Å². The highest BCUT2D eigenvalue weighted by Gasteiger charge is 2.22. The summed E-state index contributed by atoms with van der Waals surface area (Å²) in [4.78, 5) is 24.2. The third-order valence-electron chi connectivity index (χ3n) is 2.46. The van der Waals surface area contributed by atoms with Crippen LogP contribution < -0.4 is 11.5 Å². The number of nitrogens with two attached hydrogens (primary N) is 2. The Balaban J connectivity index is 2.77. The van der Waals surface area contributed by atoms with Crippen LogP contribution in [0.25, 0.3) is 0 Å². The molecule has 1 aromatic rings. The van der Waals surface area contributed by atoms with Crippen molar-refractivity contribution in [1.82, 2.24) is 4.90 Å². The molecule has 0 aliphatic heterocycles. The van der Waals surface area contributed by atoms with E-state index in [1.54, 1.807) is 19.1 Å². The Morgan fingerprint density at radius 2 is 1.88 bits per heavy atom. The summed E-state index contributed by atoms with van der Waals surface area (Å²) in [6.07, 6.45) is 0. The van der Waals surface area contributed by atoms with Crippen LogP contribution >= 0.6 is 0 Å². The van der Waals surface area contributed by atoms with Crippen LogP contribution in [0.3, 0.4) is 0 Å². The Bertz CT molecular complexity index is 392. The number of benzene rings is 1. The monoisotopic (exact) mass is 235 g/mol. The molecule has 5 nitrogen and oxygen atoms in total. The third kappa shape index (κ3) is 3.57. The highest BCUT2D eigenvalue weighted by molar-refractivity contribution is 5.87. The van der Waals surface area contributed by atoms with Gasteiger partial charge in [0.2, 0.25) is 11.8 Å². The standard InChI is InChI=1S/C12H17N3O2/c1-2-15(8-10(13)16)12(17)11(14)9-6-4-3-5-7-9/h3-7,11H,2,8,14H2,1H3,(H2,13,16)/t11-/m0/s1. The van der Waals surface area contributed by atoms with Crippen molar-refractivity contribution in [2.24, 2.45) is 11.5 Å². The quantitative estimate of drug-likeness (QED) is 0.754. The van der Waals surface area contributed by atoms with Crippen molar-refractivity contribution in [3.05, 3.63) is 35.9 Å². The molecule has 0 fully saturated rings. The molecular weight excluding hydrogens is 218 g/mol. The van der Waals surface area contributed by atoms with E-state index in [-0.39, 0.29) is 12.5 Å². The smallest absolute Gasteiger partial charge is 0.244 e. The first-order chi connectivity index (χ1) is 8.06. The molecule has 0 aromatic heterocycles. The van der Waals surface area contributed by atoms with Gasteiger partial charge in [-0.15, -0.1) is 0 Å². The number of primary amides is 1. The molecule has 1 rings (SSSR count). The van der Waals surface area contributed by atoms with Crippen molar-refractivity contribution >= 4 is 11.8 Å². The number of rotatable bonds is 5. The minimum atomic E-state index is -0.754. The zero-order valence-corrected chi connectivity index (χ0v) is 9.80. The number of likely N-dealkylation sites (N-methyl/N-ethyl adjacent to an activating group) is 1. The number of amides is 2. The molecule has 0 radical (unpaired) electrons. The van der Waals surface area contributed by atoms with Crippen LogP contribution in [0.4, 0.5) is 0 Å². The van der Waals surface area contributed by atoms with Gasteiger partial charge in [0.15, 0.2) is 0 Å². The van der Waals surface area contributed by atoms with Gasteiger partial charge in [-0.2, -0.15) is 0 Å². The molecule has 2 amide bonds. The molecule has 0 unspecified atom stereocenters. The minimum Gasteiger partial charge on any atom is -0.368 e. The molecule has 0 aliphatic rings. The Hall–Kier alpha value is -1.88. The maximum Gasteiger partial charge on any atom is 0.244 e. The zero-order chi connectivity index (χ0) is 12.8. The molecule has 17 heavy (non-hydrogen) atoms. The number of nitrogens with zero attached hydrogens (tertiary/aromatic N) is 1. The van der Waals surface area contributed by atoms with Gasteiger partial charge in [-0.3, -0.25) is 9.59 Å². The summed E-state index contributed by atoms with van der Waals surface area (Å²) < 4.78 is 0. The van der Waals surface area contributed by atoms with E-state index in [2.05, 4.69) is 0 Å². The van der Waals surface area contributed by atoms with Gasteiger partial charge in [0.1, 0.15) is 6.04 Å². The maximum atomic E-state index is 12.0. The van der Waals surface area contributed by atoms with Gasteiger partial charge >= 0.3 is 0 Å². The van der Waals surface area contributed by atoms with Crippen molar-refractivity contribution < 1.29 is 9.59 Å². The van der Waals surface area contributed by atoms with Gasteiger partial charge in [-0.1, -0.05) is 30.3 Å². The average Bonchev–Trinajstić information content (AvgIpc) is 2.35. The summed E-state index contributed by atoms with van der Waals surface area (Å²) in [6, 6.07) is 8.28.